The molecule has 0 spiro atoms. The fourth-order valence-corrected chi connectivity index (χ4v) is 2.57. The molecule has 8 nitrogen and oxygen atoms in total. The predicted octanol–water partition coefficient (Wildman–Crippen LogP) is 0.310. The minimum atomic E-state index is -1.10. The van der Waals surface area contributed by atoms with Crippen LogP contribution in [0.1, 0.15) is 36.6 Å². The van der Waals surface area contributed by atoms with Crippen LogP contribution in [0.15, 0.2) is 29.1 Å². The number of nitrogens with zero attached hydrogens (tertiary/aromatic N) is 1. The number of aromatic nitrogens is 1. The van der Waals surface area contributed by atoms with E-state index in [2.05, 4.69) is 5.32 Å². The lowest BCUT2D eigenvalue weighted by Crippen LogP contribution is -2.24. The molecule has 8 heteroatoms. The van der Waals surface area contributed by atoms with Gasteiger partial charge in [-0.3, -0.25) is 24.3 Å². The van der Waals surface area contributed by atoms with Crippen molar-refractivity contribution in [1.29, 1.82) is 0 Å². The summed E-state index contributed by atoms with van der Waals surface area (Å²) in [5.74, 6) is -2.60. The van der Waals surface area contributed by atoms with Crippen molar-refractivity contribution >= 4 is 23.6 Å². The summed E-state index contributed by atoms with van der Waals surface area (Å²) < 4.78 is 1.08. The third-order valence-corrected chi connectivity index (χ3v) is 3.64. The van der Waals surface area contributed by atoms with Crippen LogP contribution in [-0.4, -0.2) is 27.5 Å². The van der Waals surface area contributed by atoms with Crippen molar-refractivity contribution in [1.82, 2.24) is 9.88 Å². The van der Waals surface area contributed by atoms with Crippen LogP contribution in [0.5, 0.6) is 0 Å². The first-order valence-corrected chi connectivity index (χ1v) is 6.56. The number of carboxylic acid groups (broad SMARTS) is 1. The molecule has 2 heterocycles. The highest BCUT2D eigenvalue weighted by Crippen LogP contribution is 2.24. The number of nitrogen functional groups attached to an aromatic ring is 1. The molecular weight excluding hydrogens is 302 g/mol. The zero-order valence-electron chi connectivity index (χ0n) is 11.9. The van der Waals surface area contributed by atoms with E-state index in [1.54, 1.807) is 6.92 Å². The predicted molar refractivity (Wildman–Crippen MR) is 79.9 cm³/mol. The fraction of sp³-hybridized carbons (Fsp3) is 0.0667. The maximum Gasteiger partial charge on any atom is 0.335 e. The van der Waals surface area contributed by atoms with Crippen molar-refractivity contribution < 1.29 is 19.5 Å². The number of carboxylic acids is 1. The minimum absolute atomic E-state index is 0.0590. The van der Waals surface area contributed by atoms with Gasteiger partial charge in [0.2, 0.25) is 0 Å². The third-order valence-electron chi connectivity index (χ3n) is 3.64. The van der Waals surface area contributed by atoms with Crippen LogP contribution < -0.4 is 16.6 Å². The first-order chi connectivity index (χ1) is 10.8. The summed E-state index contributed by atoms with van der Waals surface area (Å²) in [5.41, 5.74) is 6.11. The molecule has 2 aromatic rings. The minimum Gasteiger partial charge on any atom is -0.478 e. The van der Waals surface area contributed by atoms with Gasteiger partial charge in [-0.25, -0.2) is 4.79 Å². The maximum absolute atomic E-state index is 12.3. The largest absolute Gasteiger partial charge is 0.478 e. The number of aryl methyl sites for hydroxylation is 1. The van der Waals surface area contributed by atoms with Crippen LogP contribution in [-0.2, 0) is 0 Å². The van der Waals surface area contributed by atoms with E-state index < -0.39 is 23.3 Å². The van der Waals surface area contributed by atoms with Gasteiger partial charge in [-0.15, -0.1) is 0 Å². The van der Waals surface area contributed by atoms with Crippen molar-refractivity contribution in [3.63, 3.8) is 0 Å². The molecule has 1 aliphatic rings. The number of carbonyl (C=O) groups excluding carboxylic acids is 2. The van der Waals surface area contributed by atoms with Gasteiger partial charge in [0.25, 0.3) is 17.4 Å². The Kier molecular flexibility index (Phi) is 3.03. The van der Waals surface area contributed by atoms with Gasteiger partial charge < -0.3 is 10.8 Å². The number of fused-ring (bicyclic) bond motifs is 1. The molecule has 4 N–H and O–H groups in total. The van der Waals surface area contributed by atoms with Gasteiger partial charge in [-0.1, -0.05) is 0 Å². The Morgan fingerprint density at radius 3 is 2.48 bits per heavy atom. The molecule has 23 heavy (non-hydrogen) atoms. The van der Waals surface area contributed by atoms with Crippen molar-refractivity contribution in [3.8, 4) is 5.69 Å². The Bertz CT molecular complexity index is 958. The van der Waals surface area contributed by atoms with Crippen molar-refractivity contribution in [2.45, 2.75) is 6.92 Å². The van der Waals surface area contributed by atoms with E-state index in [1.807, 2.05) is 0 Å². The lowest BCUT2D eigenvalue weighted by atomic mass is 10.1. The lowest BCUT2D eigenvalue weighted by molar-refractivity contribution is 0.0696. The number of carbonyl (C=O) groups is 3. The van der Waals surface area contributed by atoms with E-state index in [0.717, 1.165) is 10.6 Å². The Morgan fingerprint density at radius 2 is 1.87 bits per heavy atom. The summed E-state index contributed by atoms with van der Waals surface area (Å²) in [6.07, 6.45) is 0. The number of hydrogen-bond donors (Lipinski definition) is 3. The van der Waals surface area contributed by atoms with Crippen LogP contribution in [0.3, 0.4) is 0 Å². The number of rotatable bonds is 2. The van der Waals surface area contributed by atoms with Crippen LogP contribution in [0.25, 0.3) is 5.69 Å². The Balaban J connectivity index is 2.29. The molecule has 3 rings (SSSR count). The molecule has 1 aromatic carbocycles. The van der Waals surface area contributed by atoms with E-state index >= 15 is 0 Å². The van der Waals surface area contributed by atoms with Gasteiger partial charge in [0.05, 0.1) is 22.4 Å². The molecule has 116 valence electrons. The summed E-state index contributed by atoms with van der Waals surface area (Å²) in [6, 6.07) is 5.19. The maximum atomic E-state index is 12.3. The molecule has 0 saturated carbocycles. The van der Waals surface area contributed by atoms with E-state index in [1.165, 1.54) is 18.2 Å². The Hall–Kier alpha value is -3.42. The van der Waals surface area contributed by atoms with Crippen LogP contribution >= 0.6 is 0 Å². The highest BCUT2D eigenvalue weighted by atomic mass is 16.4. The topological polar surface area (TPSA) is 131 Å². The zero-order valence-corrected chi connectivity index (χ0v) is 11.9. The number of nitrogens with two attached hydrogens (primary N) is 1. The summed E-state index contributed by atoms with van der Waals surface area (Å²) in [6.45, 7) is 1.62. The van der Waals surface area contributed by atoms with Crippen LogP contribution in [0.2, 0.25) is 0 Å². The molecule has 1 aliphatic heterocycles. The van der Waals surface area contributed by atoms with E-state index in [4.69, 9.17) is 10.8 Å². The molecule has 0 atom stereocenters. The first-order valence-electron chi connectivity index (χ1n) is 6.56. The lowest BCUT2D eigenvalue weighted by Gasteiger charge is -2.14. The molecular formula is C15H11N3O5. The second kappa shape index (κ2) is 4.80. The third kappa shape index (κ3) is 2.08. The number of nitrogens with one attached hydrogen (secondary N) is 1. The quantitative estimate of drug-likeness (QED) is 0.684. The van der Waals surface area contributed by atoms with Gasteiger partial charge in [0.1, 0.15) is 5.82 Å². The number of imide groups is 1. The normalized spacial score (nSPS) is 12.9. The molecule has 0 unspecified atom stereocenters. The summed E-state index contributed by atoms with van der Waals surface area (Å²) in [5, 5.41) is 11.1. The molecule has 0 saturated heterocycles. The number of pyridine rings is 1. The van der Waals surface area contributed by atoms with Gasteiger partial charge >= 0.3 is 5.97 Å². The fourth-order valence-electron chi connectivity index (χ4n) is 2.57. The van der Waals surface area contributed by atoms with Crippen molar-refractivity contribution in [2.24, 2.45) is 0 Å². The van der Waals surface area contributed by atoms with Crippen molar-refractivity contribution in [2.75, 3.05) is 5.73 Å². The summed E-state index contributed by atoms with van der Waals surface area (Å²) in [4.78, 5) is 46.7. The number of hydrogen-bond acceptors (Lipinski definition) is 5. The molecule has 0 bridgehead atoms. The summed E-state index contributed by atoms with van der Waals surface area (Å²) >= 11 is 0. The zero-order chi connectivity index (χ0) is 16.9. The first kappa shape index (κ1) is 14.5. The van der Waals surface area contributed by atoms with Crippen LogP contribution in [0.4, 0.5) is 5.82 Å². The van der Waals surface area contributed by atoms with Crippen LogP contribution in [0, 0.1) is 6.92 Å². The van der Waals surface area contributed by atoms with Gasteiger partial charge in [0, 0.05) is 6.07 Å². The Labute approximate surface area is 129 Å². The number of anilines is 1. The van der Waals surface area contributed by atoms with E-state index in [9.17, 15) is 19.2 Å². The second-order valence-electron chi connectivity index (χ2n) is 5.08. The van der Waals surface area contributed by atoms with Gasteiger partial charge in [-0.2, -0.15) is 0 Å². The molecule has 0 fully saturated rings. The molecule has 2 amide bonds. The number of benzene rings is 1. The smallest absolute Gasteiger partial charge is 0.335 e. The van der Waals surface area contributed by atoms with Crippen molar-refractivity contribution in [3.05, 3.63) is 56.9 Å². The highest BCUT2D eigenvalue weighted by Gasteiger charge is 2.32. The average Bonchev–Trinajstić information content (AvgIpc) is 2.75. The number of aromatic carboxylic acids is 1. The number of amides is 2. The summed E-state index contributed by atoms with van der Waals surface area (Å²) in [7, 11) is 0. The Morgan fingerprint density at radius 1 is 1.17 bits per heavy atom. The van der Waals surface area contributed by atoms with Gasteiger partial charge in [-0.05, 0) is 30.7 Å². The molecule has 0 aliphatic carbocycles. The van der Waals surface area contributed by atoms with E-state index in [-0.39, 0.29) is 22.5 Å². The average molecular weight is 313 g/mol. The highest BCUT2D eigenvalue weighted by molar-refractivity contribution is 6.23. The molecule has 1 aromatic heterocycles. The SMILES string of the molecule is Cc1cc(C(=O)O)ccc1-n1c(N)c2c(cc1=O)C(=O)NC2=O. The second-order valence-corrected chi connectivity index (χ2v) is 5.08. The standard InChI is InChI=1S/C15H11N3O5/c1-6-4-7(15(22)23)2-3-9(6)18-10(19)5-8-11(12(18)16)14(21)17-13(8)20/h2-5H,16H2,1H3,(H,22,23)(H,17,20,21). The van der Waals surface area contributed by atoms with E-state index in [0.29, 0.717) is 11.3 Å². The molecule has 0 radical (unpaired) electrons. The monoisotopic (exact) mass is 313 g/mol. The van der Waals surface area contributed by atoms with Gasteiger partial charge in [0.15, 0.2) is 0 Å².